The lowest BCUT2D eigenvalue weighted by Gasteiger charge is -2.06. The topological polar surface area (TPSA) is 53.2 Å². The Labute approximate surface area is 93.6 Å². The van der Waals surface area contributed by atoms with E-state index in [1.807, 2.05) is 6.92 Å². The number of aromatic nitrogens is 2. The SMILES string of the molecule is CCn1ccn(CC(=O)C2CCOC2)c1=O. The molecule has 0 radical (unpaired) electrons. The van der Waals surface area contributed by atoms with Gasteiger partial charge >= 0.3 is 5.69 Å². The number of ketones is 1. The highest BCUT2D eigenvalue weighted by atomic mass is 16.5. The fourth-order valence-corrected chi connectivity index (χ4v) is 1.90. The molecule has 5 heteroatoms. The predicted molar refractivity (Wildman–Crippen MR) is 58.3 cm³/mol. The van der Waals surface area contributed by atoms with Gasteiger partial charge in [0.15, 0.2) is 5.78 Å². The van der Waals surface area contributed by atoms with Crippen molar-refractivity contribution in [2.24, 2.45) is 5.92 Å². The van der Waals surface area contributed by atoms with Crippen LogP contribution in [0, 0.1) is 5.92 Å². The molecular weight excluding hydrogens is 208 g/mol. The number of Topliss-reactive ketones (excluding diaryl/α,β-unsaturated/α-hetero) is 1. The van der Waals surface area contributed by atoms with E-state index in [0.29, 0.717) is 19.8 Å². The van der Waals surface area contributed by atoms with E-state index in [-0.39, 0.29) is 23.9 Å². The van der Waals surface area contributed by atoms with Crippen LogP contribution in [-0.2, 0) is 22.6 Å². The van der Waals surface area contributed by atoms with Crippen molar-refractivity contribution in [3.05, 3.63) is 22.9 Å². The first-order valence-corrected chi connectivity index (χ1v) is 5.58. The van der Waals surface area contributed by atoms with Crippen molar-refractivity contribution in [2.45, 2.75) is 26.4 Å². The maximum absolute atomic E-state index is 11.8. The molecule has 16 heavy (non-hydrogen) atoms. The average Bonchev–Trinajstić information content (AvgIpc) is 2.89. The summed E-state index contributed by atoms with van der Waals surface area (Å²) in [5, 5.41) is 0. The summed E-state index contributed by atoms with van der Waals surface area (Å²) in [6.07, 6.45) is 4.16. The van der Waals surface area contributed by atoms with E-state index in [1.54, 1.807) is 17.0 Å². The first-order valence-electron chi connectivity index (χ1n) is 5.58. The van der Waals surface area contributed by atoms with Gasteiger partial charge in [0.2, 0.25) is 0 Å². The van der Waals surface area contributed by atoms with Crippen molar-refractivity contribution in [3.8, 4) is 0 Å². The fourth-order valence-electron chi connectivity index (χ4n) is 1.90. The van der Waals surface area contributed by atoms with Crippen LogP contribution in [0.5, 0.6) is 0 Å². The van der Waals surface area contributed by atoms with Crippen LogP contribution in [0.4, 0.5) is 0 Å². The molecule has 88 valence electrons. The maximum atomic E-state index is 11.8. The average molecular weight is 224 g/mol. The highest BCUT2D eigenvalue weighted by Gasteiger charge is 2.23. The first-order chi connectivity index (χ1) is 7.72. The Morgan fingerprint density at radius 3 is 2.81 bits per heavy atom. The molecule has 1 aliphatic rings. The Morgan fingerprint density at radius 2 is 2.25 bits per heavy atom. The van der Waals surface area contributed by atoms with Crippen LogP contribution in [0.2, 0.25) is 0 Å². The molecule has 1 atom stereocenters. The fraction of sp³-hybridized carbons (Fsp3) is 0.636. The standard InChI is InChI=1S/C11H16N2O3/c1-2-12-4-5-13(11(12)15)7-10(14)9-3-6-16-8-9/h4-5,9H,2-3,6-8H2,1H3. The molecule has 1 fully saturated rings. The summed E-state index contributed by atoms with van der Waals surface area (Å²) >= 11 is 0. The van der Waals surface area contributed by atoms with E-state index in [0.717, 1.165) is 6.42 Å². The van der Waals surface area contributed by atoms with Crippen molar-refractivity contribution in [1.29, 1.82) is 0 Å². The lowest BCUT2D eigenvalue weighted by Crippen LogP contribution is -2.29. The van der Waals surface area contributed by atoms with Gasteiger partial charge in [0.05, 0.1) is 13.2 Å². The molecule has 1 aliphatic heterocycles. The van der Waals surface area contributed by atoms with E-state index in [9.17, 15) is 9.59 Å². The van der Waals surface area contributed by atoms with Gasteiger partial charge in [0.25, 0.3) is 0 Å². The zero-order valence-corrected chi connectivity index (χ0v) is 9.39. The molecule has 1 aromatic heterocycles. The lowest BCUT2D eigenvalue weighted by molar-refractivity contribution is -0.123. The van der Waals surface area contributed by atoms with Gasteiger partial charge in [-0.25, -0.2) is 4.79 Å². The Morgan fingerprint density at radius 1 is 1.50 bits per heavy atom. The molecule has 0 aliphatic carbocycles. The number of rotatable bonds is 4. The quantitative estimate of drug-likeness (QED) is 0.738. The van der Waals surface area contributed by atoms with Crippen LogP contribution < -0.4 is 5.69 Å². The number of aryl methyl sites for hydroxylation is 1. The van der Waals surface area contributed by atoms with Crippen molar-refractivity contribution in [2.75, 3.05) is 13.2 Å². The normalized spacial score (nSPS) is 20.2. The first kappa shape index (κ1) is 11.1. The highest BCUT2D eigenvalue weighted by molar-refractivity contribution is 5.81. The Balaban J connectivity index is 2.05. The molecule has 0 N–H and O–H groups in total. The van der Waals surface area contributed by atoms with Crippen LogP contribution in [0.3, 0.4) is 0 Å². The minimum absolute atomic E-state index is 0.0307. The Hall–Kier alpha value is -1.36. The van der Waals surface area contributed by atoms with E-state index >= 15 is 0 Å². The summed E-state index contributed by atoms with van der Waals surface area (Å²) in [6, 6.07) is 0. The minimum Gasteiger partial charge on any atom is -0.381 e. The third kappa shape index (κ3) is 2.09. The van der Waals surface area contributed by atoms with Crippen LogP contribution in [0.1, 0.15) is 13.3 Å². The molecule has 0 bridgehead atoms. The van der Waals surface area contributed by atoms with Gasteiger partial charge in [0, 0.05) is 31.5 Å². The number of hydrogen-bond donors (Lipinski definition) is 0. The zero-order chi connectivity index (χ0) is 11.5. The minimum atomic E-state index is -0.116. The summed E-state index contributed by atoms with van der Waals surface area (Å²) in [6.45, 7) is 3.86. The number of ether oxygens (including phenoxy) is 1. The molecule has 2 rings (SSSR count). The molecule has 0 saturated carbocycles. The van der Waals surface area contributed by atoms with Crippen molar-refractivity contribution < 1.29 is 9.53 Å². The number of imidazole rings is 1. The highest BCUT2D eigenvalue weighted by Crippen LogP contribution is 2.13. The van der Waals surface area contributed by atoms with Crippen LogP contribution >= 0.6 is 0 Å². The van der Waals surface area contributed by atoms with Crippen molar-refractivity contribution in [1.82, 2.24) is 9.13 Å². The van der Waals surface area contributed by atoms with Crippen LogP contribution in [0.25, 0.3) is 0 Å². The van der Waals surface area contributed by atoms with Gasteiger partial charge in [-0.1, -0.05) is 0 Å². The number of carbonyl (C=O) groups excluding carboxylic acids is 1. The van der Waals surface area contributed by atoms with E-state index < -0.39 is 0 Å². The summed E-state index contributed by atoms with van der Waals surface area (Å²) in [4.78, 5) is 23.5. The van der Waals surface area contributed by atoms with Crippen molar-refractivity contribution in [3.63, 3.8) is 0 Å². The number of carbonyl (C=O) groups is 1. The molecule has 0 aromatic carbocycles. The van der Waals surface area contributed by atoms with Gasteiger partial charge < -0.3 is 4.74 Å². The monoisotopic (exact) mass is 224 g/mol. The Kier molecular flexibility index (Phi) is 3.24. The molecule has 5 nitrogen and oxygen atoms in total. The largest absolute Gasteiger partial charge is 0.381 e. The smallest absolute Gasteiger partial charge is 0.328 e. The summed E-state index contributed by atoms with van der Waals surface area (Å²) in [7, 11) is 0. The summed E-state index contributed by atoms with van der Waals surface area (Å²) in [5.41, 5.74) is -0.116. The lowest BCUT2D eigenvalue weighted by atomic mass is 10.0. The maximum Gasteiger partial charge on any atom is 0.328 e. The molecular formula is C11H16N2O3. The zero-order valence-electron chi connectivity index (χ0n) is 9.39. The van der Waals surface area contributed by atoms with Crippen LogP contribution in [-0.4, -0.2) is 28.1 Å². The predicted octanol–water partition coefficient (Wildman–Crippen LogP) is 0.275. The Bertz CT molecular complexity index is 427. The van der Waals surface area contributed by atoms with E-state index in [1.165, 1.54) is 4.57 Å². The van der Waals surface area contributed by atoms with Crippen molar-refractivity contribution >= 4 is 5.78 Å². The second kappa shape index (κ2) is 4.65. The van der Waals surface area contributed by atoms with Gasteiger partial charge in [-0.2, -0.15) is 0 Å². The van der Waals surface area contributed by atoms with Gasteiger partial charge in [-0.05, 0) is 13.3 Å². The second-order valence-corrected chi connectivity index (χ2v) is 4.02. The molecule has 0 spiro atoms. The molecule has 0 amide bonds. The number of hydrogen-bond acceptors (Lipinski definition) is 3. The molecule has 1 aromatic rings. The number of nitrogens with zero attached hydrogens (tertiary/aromatic N) is 2. The summed E-state index contributed by atoms with van der Waals surface area (Å²) < 4.78 is 8.20. The third-order valence-electron chi connectivity index (χ3n) is 2.97. The van der Waals surface area contributed by atoms with Gasteiger partial charge in [-0.3, -0.25) is 13.9 Å². The third-order valence-corrected chi connectivity index (χ3v) is 2.97. The van der Waals surface area contributed by atoms with E-state index in [2.05, 4.69) is 0 Å². The molecule has 1 saturated heterocycles. The molecule has 2 heterocycles. The van der Waals surface area contributed by atoms with Crippen LogP contribution in [0.15, 0.2) is 17.2 Å². The molecule has 1 unspecified atom stereocenters. The van der Waals surface area contributed by atoms with E-state index in [4.69, 9.17) is 4.74 Å². The van der Waals surface area contributed by atoms with Gasteiger partial charge in [0.1, 0.15) is 0 Å². The summed E-state index contributed by atoms with van der Waals surface area (Å²) in [5.74, 6) is 0.0605. The second-order valence-electron chi connectivity index (χ2n) is 4.02. The van der Waals surface area contributed by atoms with Gasteiger partial charge in [-0.15, -0.1) is 0 Å².